The quantitative estimate of drug-likeness (QED) is 0.616. The van der Waals surface area contributed by atoms with Crippen molar-refractivity contribution in [2.24, 2.45) is 0 Å². The summed E-state index contributed by atoms with van der Waals surface area (Å²) < 4.78 is 54.4. The number of benzene rings is 1. The first-order chi connectivity index (χ1) is 12.9. The zero-order valence-electron chi connectivity index (χ0n) is 15.0. The number of nitrogens with zero attached hydrogens (tertiary/aromatic N) is 3. The maximum absolute atomic E-state index is 13.6. The summed E-state index contributed by atoms with van der Waals surface area (Å²) in [5, 5.41) is 6.03. The van der Waals surface area contributed by atoms with Gasteiger partial charge in [0.05, 0.1) is 5.69 Å². The largest absolute Gasteiger partial charge is 0.433 e. The first-order valence-electron chi connectivity index (χ1n) is 8.12. The minimum absolute atomic E-state index is 0.0793. The summed E-state index contributed by atoms with van der Waals surface area (Å²) in [7, 11) is 0. The number of carbonyl (C=O) groups excluding carboxylic acids is 1. The van der Waals surface area contributed by atoms with Crippen molar-refractivity contribution in [3.8, 4) is 11.3 Å². The van der Waals surface area contributed by atoms with E-state index >= 15 is 0 Å². The van der Waals surface area contributed by atoms with E-state index in [2.05, 4.69) is 15.4 Å². The number of carbonyl (C=O) groups is 1. The van der Waals surface area contributed by atoms with Gasteiger partial charge in [-0.2, -0.15) is 18.3 Å². The van der Waals surface area contributed by atoms with Gasteiger partial charge >= 0.3 is 6.18 Å². The van der Waals surface area contributed by atoms with Crippen LogP contribution in [0.4, 0.5) is 17.6 Å². The summed E-state index contributed by atoms with van der Waals surface area (Å²) in [4.78, 5) is 16.5. The summed E-state index contributed by atoms with van der Waals surface area (Å²) in [5.74, 6) is -1.26. The Kier molecular flexibility index (Phi) is 4.82. The Morgan fingerprint density at radius 3 is 2.29 bits per heavy atom. The molecule has 1 N–H and O–H groups in total. The zero-order valence-corrected chi connectivity index (χ0v) is 15.8. The second kappa shape index (κ2) is 6.73. The first kappa shape index (κ1) is 20.1. The molecule has 10 heteroatoms. The second-order valence-electron chi connectivity index (χ2n) is 7.13. The monoisotopic (exact) mass is 414 g/mol. The van der Waals surface area contributed by atoms with Crippen molar-refractivity contribution < 1.29 is 22.4 Å². The van der Waals surface area contributed by atoms with Crippen molar-refractivity contribution in [3.63, 3.8) is 0 Å². The topological polar surface area (TPSA) is 59.3 Å². The van der Waals surface area contributed by atoms with Crippen molar-refractivity contribution in [3.05, 3.63) is 52.6 Å². The van der Waals surface area contributed by atoms with E-state index in [4.69, 9.17) is 11.6 Å². The van der Waals surface area contributed by atoms with Gasteiger partial charge in [0.25, 0.3) is 5.91 Å². The summed E-state index contributed by atoms with van der Waals surface area (Å²) >= 11 is 6.15. The number of alkyl halides is 3. The van der Waals surface area contributed by atoms with Gasteiger partial charge < -0.3 is 5.32 Å². The average Bonchev–Trinajstić information content (AvgIpc) is 2.89. The van der Waals surface area contributed by atoms with Gasteiger partial charge in [-0.1, -0.05) is 11.6 Å². The van der Waals surface area contributed by atoms with Crippen LogP contribution in [0, 0.1) is 5.82 Å². The minimum Gasteiger partial charge on any atom is -0.346 e. The number of nitrogens with one attached hydrogen (secondary N) is 1. The molecule has 1 amide bonds. The molecule has 3 rings (SSSR count). The minimum atomic E-state index is -4.79. The molecule has 2 heterocycles. The molecule has 0 aliphatic carbocycles. The Morgan fingerprint density at radius 2 is 1.75 bits per heavy atom. The Hall–Kier alpha value is -2.68. The van der Waals surface area contributed by atoms with Crippen molar-refractivity contribution in [1.29, 1.82) is 0 Å². The zero-order chi connectivity index (χ0) is 20.9. The third-order valence-electron chi connectivity index (χ3n) is 3.67. The molecule has 0 saturated heterocycles. The highest BCUT2D eigenvalue weighted by molar-refractivity contribution is 6.36. The molecule has 5 nitrogen and oxygen atoms in total. The molecule has 0 spiro atoms. The van der Waals surface area contributed by atoms with Gasteiger partial charge in [0.15, 0.2) is 17.0 Å². The van der Waals surface area contributed by atoms with Crippen LogP contribution in [-0.2, 0) is 6.18 Å². The molecule has 0 aliphatic rings. The van der Waals surface area contributed by atoms with E-state index in [0.29, 0.717) is 4.52 Å². The lowest BCUT2D eigenvalue weighted by Gasteiger charge is -2.19. The fourth-order valence-electron chi connectivity index (χ4n) is 2.51. The number of amides is 1. The van der Waals surface area contributed by atoms with Crippen LogP contribution in [0.3, 0.4) is 0 Å². The lowest BCUT2D eigenvalue weighted by Crippen LogP contribution is -2.40. The van der Waals surface area contributed by atoms with Gasteiger partial charge in [0, 0.05) is 11.1 Å². The van der Waals surface area contributed by atoms with Crippen LogP contribution in [-0.4, -0.2) is 26.0 Å². The van der Waals surface area contributed by atoms with Crippen LogP contribution in [0.2, 0.25) is 5.02 Å². The van der Waals surface area contributed by atoms with Crippen molar-refractivity contribution in [2.45, 2.75) is 32.5 Å². The molecule has 1 aromatic carbocycles. The van der Waals surface area contributed by atoms with E-state index in [1.165, 1.54) is 12.1 Å². The number of hydrogen-bond acceptors (Lipinski definition) is 3. The van der Waals surface area contributed by atoms with E-state index in [0.717, 1.165) is 18.2 Å². The normalized spacial score (nSPS) is 12.4. The molecular formula is C18H15ClF4N4O. The summed E-state index contributed by atoms with van der Waals surface area (Å²) in [5.41, 5.74) is -2.32. The standard InChI is InChI=1S/C18H15ClF4N4O/c1-17(2,3)25-16(28)14-13(19)15-24-11(9-4-6-10(20)7-5-9)8-12(18(21,22)23)27(15)26-14/h4-8H,1-3H3,(H,25,28). The van der Waals surface area contributed by atoms with Gasteiger partial charge in [-0.25, -0.2) is 13.9 Å². The van der Waals surface area contributed by atoms with E-state index < -0.39 is 29.1 Å². The van der Waals surface area contributed by atoms with Gasteiger partial charge in [0.2, 0.25) is 0 Å². The van der Waals surface area contributed by atoms with Crippen LogP contribution in [0.15, 0.2) is 30.3 Å². The number of hydrogen-bond donors (Lipinski definition) is 1. The second-order valence-corrected chi connectivity index (χ2v) is 7.51. The smallest absolute Gasteiger partial charge is 0.346 e. The Labute approximate surface area is 162 Å². The molecule has 0 saturated carbocycles. The predicted molar refractivity (Wildman–Crippen MR) is 95.6 cm³/mol. The van der Waals surface area contributed by atoms with Gasteiger partial charge in [-0.3, -0.25) is 4.79 Å². The SMILES string of the molecule is CC(C)(C)NC(=O)c1nn2c(C(F)(F)F)cc(-c3ccc(F)cc3)nc2c1Cl. The summed E-state index contributed by atoms with van der Waals surface area (Å²) in [6.45, 7) is 5.13. The highest BCUT2D eigenvalue weighted by atomic mass is 35.5. The average molecular weight is 415 g/mol. The van der Waals surface area contributed by atoms with E-state index in [9.17, 15) is 22.4 Å². The Balaban J connectivity index is 2.24. The molecule has 0 bridgehead atoms. The van der Waals surface area contributed by atoms with E-state index in [1.807, 2.05) is 0 Å². The van der Waals surface area contributed by atoms with Crippen molar-refractivity contribution in [2.75, 3.05) is 0 Å². The van der Waals surface area contributed by atoms with E-state index in [1.54, 1.807) is 20.8 Å². The predicted octanol–water partition coefficient (Wildman–Crippen LogP) is 4.74. The Bertz CT molecular complexity index is 1050. The molecule has 0 fully saturated rings. The summed E-state index contributed by atoms with van der Waals surface area (Å²) in [6, 6.07) is 5.58. The molecule has 0 aliphatic heterocycles. The maximum Gasteiger partial charge on any atom is 0.433 e. The number of rotatable bonds is 2. The van der Waals surface area contributed by atoms with Crippen LogP contribution >= 0.6 is 11.6 Å². The lowest BCUT2D eigenvalue weighted by atomic mass is 10.1. The number of fused-ring (bicyclic) bond motifs is 1. The van der Waals surface area contributed by atoms with Crippen LogP contribution < -0.4 is 5.32 Å². The Morgan fingerprint density at radius 1 is 1.14 bits per heavy atom. The first-order valence-corrected chi connectivity index (χ1v) is 8.49. The molecule has 0 unspecified atom stereocenters. The third-order valence-corrected chi connectivity index (χ3v) is 4.01. The van der Waals surface area contributed by atoms with Crippen molar-refractivity contribution in [1.82, 2.24) is 19.9 Å². The fourth-order valence-corrected chi connectivity index (χ4v) is 2.75. The molecule has 0 radical (unpaired) electrons. The van der Waals surface area contributed by atoms with Gasteiger partial charge in [0.1, 0.15) is 10.8 Å². The molecule has 0 atom stereocenters. The molecular weight excluding hydrogens is 400 g/mol. The number of halogens is 5. The highest BCUT2D eigenvalue weighted by Crippen LogP contribution is 2.34. The highest BCUT2D eigenvalue weighted by Gasteiger charge is 2.37. The van der Waals surface area contributed by atoms with Crippen LogP contribution in [0.1, 0.15) is 37.0 Å². The number of aromatic nitrogens is 3. The summed E-state index contributed by atoms with van der Waals surface area (Å²) in [6.07, 6.45) is -4.79. The van der Waals surface area contributed by atoms with Crippen LogP contribution in [0.25, 0.3) is 16.9 Å². The molecule has 148 valence electrons. The van der Waals surface area contributed by atoms with Gasteiger partial charge in [-0.05, 0) is 51.1 Å². The van der Waals surface area contributed by atoms with Crippen molar-refractivity contribution >= 4 is 23.2 Å². The molecule has 2 aromatic heterocycles. The lowest BCUT2D eigenvalue weighted by molar-refractivity contribution is -0.142. The maximum atomic E-state index is 13.6. The fraction of sp³-hybridized carbons (Fsp3) is 0.278. The van der Waals surface area contributed by atoms with E-state index in [-0.39, 0.29) is 27.6 Å². The van der Waals surface area contributed by atoms with Gasteiger partial charge in [-0.15, -0.1) is 0 Å². The molecule has 3 aromatic rings. The molecule has 28 heavy (non-hydrogen) atoms. The third kappa shape index (κ3) is 3.94. The van der Waals surface area contributed by atoms with Crippen LogP contribution in [0.5, 0.6) is 0 Å².